The molecule has 0 saturated carbocycles. The van der Waals surface area contributed by atoms with Crippen molar-refractivity contribution >= 4 is 57.1 Å². The van der Waals surface area contributed by atoms with Gasteiger partial charge in [-0.25, -0.2) is 9.69 Å². The Morgan fingerprint density at radius 3 is 2.52 bits per heavy atom. The van der Waals surface area contributed by atoms with Crippen molar-refractivity contribution in [3.05, 3.63) is 56.5 Å². The first-order chi connectivity index (χ1) is 14.8. The maximum absolute atomic E-state index is 13.1. The van der Waals surface area contributed by atoms with Crippen LogP contribution in [0.3, 0.4) is 0 Å². The van der Waals surface area contributed by atoms with Crippen molar-refractivity contribution < 1.29 is 23.9 Å². The van der Waals surface area contributed by atoms with Gasteiger partial charge >= 0.3 is 6.03 Å². The molecule has 0 spiro atoms. The highest BCUT2D eigenvalue weighted by molar-refractivity contribution is 9.10. The smallest absolute Gasteiger partial charge is 0.335 e. The number of halogens is 2. The number of carbonyl (C=O) groups is 3. The lowest BCUT2D eigenvalue weighted by atomic mass is 10.1. The van der Waals surface area contributed by atoms with Crippen LogP contribution in [0.25, 0.3) is 6.08 Å². The fourth-order valence-corrected chi connectivity index (χ4v) is 3.84. The second kappa shape index (κ2) is 9.53. The van der Waals surface area contributed by atoms with Gasteiger partial charge in [0.2, 0.25) is 0 Å². The Morgan fingerprint density at radius 1 is 1.13 bits per heavy atom. The number of nitrogens with zero attached hydrogens (tertiary/aromatic N) is 1. The number of hydrogen-bond acceptors (Lipinski definition) is 5. The van der Waals surface area contributed by atoms with Gasteiger partial charge in [-0.05, 0) is 78.2 Å². The van der Waals surface area contributed by atoms with Crippen LogP contribution in [0.4, 0.5) is 10.5 Å². The molecule has 0 atom stereocenters. The second-order valence-corrected chi connectivity index (χ2v) is 7.80. The number of hydrogen-bond donors (Lipinski definition) is 1. The van der Waals surface area contributed by atoms with E-state index in [0.717, 1.165) is 4.90 Å². The van der Waals surface area contributed by atoms with E-state index < -0.39 is 17.8 Å². The van der Waals surface area contributed by atoms with Gasteiger partial charge in [-0.3, -0.25) is 14.9 Å². The standard InChI is InChI=1S/C22H20BrClN2O5/c1-4-30-18-11-13(10-15(23)19(18)31-5-2)9-14-20(27)25-22(29)26(21(14)28)17-8-6-7-16(24)12(17)3/h6-11H,4-5H2,1-3H3,(H,25,27,29)/b14-9+. The molecular formula is C22H20BrClN2O5. The first-order valence-electron chi connectivity index (χ1n) is 9.54. The molecule has 1 aliphatic heterocycles. The largest absolute Gasteiger partial charge is 0.490 e. The summed E-state index contributed by atoms with van der Waals surface area (Å²) < 4.78 is 11.9. The van der Waals surface area contributed by atoms with E-state index in [2.05, 4.69) is 21.2 Å². The van der Waals surface area contributed by atoms with Crippen molar-refractivity contribution in [2.45, 2.75) is 20.8 Å². The van der Waals surface area contributed by atoms with Crippen molar-refractivity contribution in [1.29, 1.82) is 0 Å². The number of anilines is 1. The van der Waals surface area contributed by atoms with E-state index >= 15 is 0 Å². The van der Waals surface area contributed by atoms with Crippen LogP contribution < -0.4 is 19.7 Å². The summed E-state index contributed by atoms with van der Waals surface area (Å²) in [5, 5.41) is 2.61. The first kappa shape index (κ1) is 22.8. The molecule has 1 aliphatic rings. The normalized spacial score (nSPS) is 15.3. The Morgan fingerprint density at radius 2 is 1.84 bits per heavy atom. The highest BCUT2D eigenvalue weighted by Crippen LogP contribution is 2.38. The zero-order chi connectivity index (χ0) is 22.7. The van der Waals surface area contributed by atoms with Crippen LogP contribution in [0.1, 0.15) is 25.0 Å². The molecule has 2 aromatic rings. The summed E-state index contributed by atoms with van der Waals surface area (Å²) in [6.07, 6.45) is 1.40. The van der Waals surface area contributed by atoms with Crippen LogP contribution in [0.15, 0.2) is 40.4 Å². The fraction of sp³-hybridized carbons (Fsp3) is 0.227. The number of carbonyl (C=O) groups excluding carboxylic acids is 3. The van der Waals surface area contributed by atoms with E-state index in [-0.39, 0.29) is 5.57 Å². The molecule has 1 fully saturated rings. The number of amides is 4. The topological polar surface area (TPSA) is 84.9 Å². The average molecular weight is 508 g/mol. The molecule has 7 nitrogen and oxygen atoms in total. The zero-order valence-electron chi connectivity index (χ0n) is 17.1. The van der Waals surface area contributed by atoms with Crippen molar-refractivity contribution in [1.82, 2.24) is 5.32 Å². The van der Waals surface area contributed by atoms with Crippen molar-refractivity contribution in [3.63, 3.8) is 0 Å². The number of rotatable bonds is 6. The molecule has 31 heavy (non-hydrogen) atoms. The molecule has 0 aromatic heterocycles. The Labute approximate surface area is 193 Å². The molecule has 3 rings (SSSR count). The van der Waals surface area contributed by atoms with E-state index in [9.17, 15) is 14.4 Å². The minimum atomic E-state index is -0.833. The molecule has 1 heterocycles. The van der Waals surface area contributed by atoms with Gasteiger partial charge in [0.05, 0.1) is 23.4 Å². The summed E-state index contributed by atoms with van der Waals surface area (Å²) in [5.41, 5.74) is 1.17. The maximum Gasteiger partial charge on any atom is 0.335 e. The minimum absolute atomic E-state index is 0.197. The van der Waals surface area contributed by atoms with Gasteiger partial charge in [-0.2, -0.15) is 0 Å². The number of barbiturate groups is 1. The molecule has 1 saturated heterocycles. The fourth-order valence-electron chi connectivity index (χ4n) is 3.10. The summed E-state index contributed by atoms with van der Waals surface area (Å²) in [6, 6.07) is 7.40. The van der Waals surface area contributed by atoms with E-state index in [0.29, 0.717) is 51.0 Å². The van der Waals surface area contributed by atoms with Gasteiger partial charge < -0.3 is 9.47 Å². The van der Waals surface area contributed by atoms with Gasteiger partial charge in [0.25, 0.3) is 11.8 Å². The van der Waals surface area contributed by atoms with Gasteiger partial charge in [-0.15, -0.1) is 0 Å². The Balaban J connectivity index is 2.07. The van der Waals surface area contributed by atoms with Crippen molar-refractivity contribution in [2.75, 3.05) is 18.1 Å². The first-order valence-corrected chi connectivity index (χ1v) is 10.7. The second-order valence-electron chi connectivity index (χ2n) is 6.54. The van der Waals surface area contributed by atoms with Crippen LogP contribution in [-0.2, 0) is 9.59 Å². The van der Waals surface area contributed by atoms with Crippen LogP contribution in [0.2, 0.25) is 5.02 Å². The third-order valence-corrected chi connectivity index (χ3v) is 5.51. The van der Waals surface area contributed by atoms with E-state index in [1.54, 1.807) is 37.3 Å². The van der Waals surface area contributed by atoms with Crippen LogP contribution in [0.5, 0.6) is 11.5 Å². The summed E-state index contributed by atoms with van der Waals surface area (Å²) >= 11 is 9.59. The third kappa shape index (κ3) is 4.60. The lowest BCUT2D eigenvalue weighted by molar-refractivity contribution is -0.122. The van der Waals surface area contributed by atoms with Gasteiger partial charge in [0, 0.05) is 5.02 Å². The SMILES string of the molecule is CCOc1cc(/C=C2\C(=O)NC(=O)N(c3cccc(Cl)c3C)C2=O)cc(Br)c1OCC. The Hall–Kier alpha value is -2.84. The molecule has 2 aromatic carbocycles. The predicted molar refractivity (Wildman–Crippen MR) is 122 cm³/mol. The molecular weight excluding hydrogens is 488 g/mol. The summed E-state index contributed by atoms with van der Waals surface area (Å²) in [4.78, 5) is 39.0. The molecule has 0 unspecified atom stereocenters. The van der Waals surface area contributed by atoms with Gasteiger partial charge in [-0.1, -0.05) is 17.7 Å². The van der Waals surface area contributed by atoms with Crippen LogP contribution in [0, 0.1) is 6.92 Å². The monoisotopic (exact) mass is 506 g/mol. The molecule has 162 valence electrons. The number of nitrogens with one attached hydrogen (secondary N) is 1. The Bertz CT molecular complexity index is 1100. The molecule has 1 N–H and O–H groups in total. The summed E-state index contributed by atoms with van der Waals surface area (Å²) in [6.45, 7) is 6.23. The van der Waals surface area contributed by atoms with E-state index in [1.807, 2.05) is 13.8 Å². The molecule has 0 bridgehead atoms. The third-order valence-electron chi connectivity index (χ3n) is 4.51. The summed E-state index contributed by atoms with van der Waals surface area (Å²) in [7, 11) is 0. The highest BCUT2D eigenvalue weighted by Gasteiger charge is 2.37. The van der Waals surface area contributed by atoms with E-state index in [1.165, 1.54) is 6.08 Å². The molecule has 0 radical (unpaired) electrons. The van der Waals surface area contributed by atoms with Gasteiger partial charge in [0.1, 0.15) is 5.57 Å². The lowest BCUT2D eigenvalue weighted by Crippen LogP contribution is -2.54. The molecule has 4 amide bonds. The van der Waals surface area contributed by atoms with Crippen LogP contribution >= 0.6 is 27.5 Å². The predicted octanol–water partition coefficient (Wildman–Crippen LogP) is 4.87. The highest BCUT2D eigenvalue weighted by atomic mass is 79.9. The molecule has 9 heteroatoms. The number of imide groups is 2. The van der Waals surface area contributed by atoms with Crippen molar-refractivity contribution in [2.24, 2.45) is 0 Å². The number of urea groups is 1. The summed E-state index contributed by atoms with van der Waals surface area (Å²) in [5.74, 6) is -0.541. The van der Waals surface area contributed by atoms with Crippen LogP contribution in [-0.4, -0.2) is 31.1 Å². The molecule has 0 aliphatic carbocycles. The average Bonchev–Trinajstić information content (AvgIpc) is 2.71. The van der Waals surface area contributed by atoms with E-state index in [4.69, 9.17) is 21.1 Å². The lowest BCUT2D eigenvalue weighted by Gasteiger charge is -2.27. The number of ether oxygens (including phenoxy) is 2. The quantitative estimate of drug-likeness (QED) is 0.445. The minimum Gasteiger partial charge on any atom is -0.490 e. The Kier molecular flexibility index (Phi) is 7.02. The van der Waals surface area contributed by atoms with Crippen molar-refractivity contribution in [3.8, 4) is 11.5 Å². The van der Waals surface area contributed by atoms with Gasteiger partial charge in [0.15, 0.2) is 11.5 Å². The maximum atomic E-state index is 13.1. The zero-order valence-corrected chi connectivity index (χ0v) is 19.5. The number of benzene rings is 2.